The van der Waals surface area contributed by atoms with Crippen LogP contribution >= 0.6 is 7.60 Å². The summed E-state index contributed by atoms with van der Waals surface area (Å²) >= 11 is 0. The van der Waals surface area contributed by atoms with Gasteiger partial charge in [0, 0.05) is 6.66 Å². The summed E-state index contributed by atoms with van der Waals surface area (Å²) < 4.78 is 26.1. The van der Waals surface area contributed by atoms with Gasteiger partial charge in [-0.1, -0.05) is 0 Å². The highest BCUT2D eigenvalue weighted by molar-refractivity contribution is 7.53. The monoisotopic (exact) mass is 224 g/mol. The fourth-order valence-corrected chi connectivity index (χ4v) is 2.38. The van der Waals surface area contributed by atoms with Crippen LogP contribution in [0, 0.1) is 0 Å². The van der Waals surface area contributed by atoms with E-state index in [1.165, 1.54) is 27.6 Å². The van der Waals surface area contributed by atoms with Crippen molar-refractivity contribution in [2.45, 2.75) is 26.4 Å². The zero-order chi connectivity index (χ0) is 11.4. The lowest BCUT2D eigenvalue weighted by Gasteiger charge is -2.25. The van der Waals surface area contributed by atoms with E-state index in [0.29, 0.717) is 0 Å². The first-order chi connectivity index (χ1) is 6.25. The Labute approximate surface area is 84.3 Å². The van der Waals surface area contributed by atoms with Crippen LogP contribution < -0.4 is 0 Å². The summed E-state index contributed by atoms with van der Waals surface area (Å²) in [5.74, 6) is -0.584. The molecule has 0 fully saturated rings. The number of carbonyl (C=O) groups excluding carboxylic acids is 1. The van der Waals surface area contributed by atoms with Crippen molar-refractivity contribution in [1.29, 1.82) is 0 Å². The van der Waals surface area contributed by atoms with Crippen molar-refractivity contribution < 1.29 is 23.1 Å². The maximum atomic E-state index is 11.6. The van der Waals surface area contributed by atoms with Crippen LogP contribution in [0.1, 0.15) is 20.8 Å². The molecule has 0 saturated heterocycles. The summed E-state index contributed by atoms with van der Waals surface area (Å²) in [7, 11) is -1.94. The van der Waals surface area contributed by atoms with E-state index < -0.39 is 19.2 Å². The third-order valence-electron chi connectivity index (χ3n) is 1.43. The second kappa shape index (κ2) is 4.91. The third kappa shape index (κ3) is 4.22. The van der Waals surface area contributed by atoms with Gasteiger partial charge in [0.05, 0.1) is 13.7 Å². The quantitative estimate of drug-likeness (QED) is 0.526. The van der Waals surface area contributed by atoms with Crippen LogP contribution in [-0.4, -0.2) is 32.0 Å². The fraction of sp³-hybridized carbons (Fsp3) is 0.875. The molecule has 0 spiro atoms. The van der Waals surface area contributed by atoms with Crippen LogP contribution in [0.3, 0.4) is 0 Å². The fourth-order valence-electron chi connectivity index (χ4n) is 0.958. The smallest absolute Gasteiger partial charge is 0.338 e. The van der Waals surface area contributed by atoms with Gasteiger partial charge < -0.3 is 9.26 Å². The Balaban J connectivity index is 4.49. The van der Waals surface area contributed by atoms with E-state index >= 15 is 0 Å². The average molecular weight is 224 g/mol. The standard InChI is InChI=1S/C8H17O5P/c1-6-12-14(5,10)13-8(2,3)7(9)11-4/h6H2,1-5H3. The number of hydrogen-bond donors (Lipinski definition) is 0. The maximum Gasteiger partial charge on any atom is 0.338 e. The van der Waals surface area contributed by atoms with Gasteiger partial charge in [-0.3, -0.25) is 9.09 Å². The summed E-state index contributed by atoms with van der Waals surface area (Å²) in [6, 6.07) is 0. The minimum atomic E-state index is -3.18. The van der Waals surface area contributed by atoms with Crippen molar-refractivity contribution in [2.75, 3.05) is 20.4 Å². The van der Waals surface area contributed by atoms with Gasteiger partial charge in [0.2, 0.25) is 0 Å². The summed E-state index contributed by atoms with van der Waals surface area (Å²) in [6.07, 6.45) is 0. The lowest BCUT2D eigenvalue weighted by atomic mass is 10.1. The summed E-state index contributed by atoms with van der Waals surface area (Å²) in [5, 5.41) is 0. The highest BCUT2D eigenvalue weighted by Crippen LogP contribution is 2.47. The third-order valence-corrected chi connectivity index (χ3v) is 2.95. The summed E-state index contributed by atoms with van der Waals surface area (Å²) in [6.45, 7) is 6.25. The van der Waals surface area contributed by atoms with E-state index in [-0.39, 0.29) is 6.61 Å². The number of methoxy groups -OCH3 is 1. The minimum Gasteiger partial charge on any atom is -0.467 e. The van der Waals surface area contributed by atoms with Gasteiger partial charge in [-0.15, -0.1) is 0 Å². The van der Waals surface area contributed by atoms with Gasteiger partial charge in [-0.2, -0.15) is 0 Å². The van der Waals surface area contributed by atoms with Crippen molar-refractivity contribution >= 4 is 13.6 Å². The van der Waals surface area contributed by atoms with E-state index in [1.807, 2.05) is 0 Å². The van der Waals surface area contributed by atoms with Gasteiger partial charge in [-0.25, -0.2) is 4.79 Å². The average Bonchev–Trinajstić information content (AvgIpc) is 2.00. The van der Waals surface area contributed by atoms with Gasteiger partial charge >= 0.3 is 13.6 Å². The Kier molecular flexibility index (Phi) is 4.78. The Morgan fingerprint density at radius 2 is 1.93 bits per heavy atom. The highest BCUT2D eigenvalue weighted by Gasteiger charge is 2.36. The second-order valence-electron chi connectivity index (χ2n) is 3.28. The zero-order valence-corrected chi connectivity index (χ0v) is 10.1. The second-order valence-corrected chi connectivity index (χ2v) is 5.27. The minimum absolute atomic E-state index is 0.269. The molecule has 0 aromatic heterocycles. The molecular formula is C8H17O5P. The molecule has 1 unspecified atom stereocenters. The van der Waals surface area contributed by atoms with Gasteiger partial charge in [0.15, 0.2) is 5.60 Å². The molecule has 5 nitrogen and oxygen atoms in total. The first-order valence-electron chi connectivity index (χ1n) is 4.26. The first kappa shape index (κ1) is 13.6. The zero-order valence-electron chi connectivity index (χ0n) is 9.20. The SMILES string of the molecule is CCOP(C)(=O)OC(C)(C)C(=O)OC. The lowest BCUT2D eigenvalue weighted by molar-refractivity contribution is -0.156. The van der Waals surface area contributed by atoms with E-state index in [4.69, 9.17) is 9.05 Å². The van der Waals surface area contributed by atoms with Crippen molar-refractivity contribution in [3.8, 4) is 0 Å². The molecule has 0 amide bonds. The largest absolute Gasteiger partial charge is 0.467 e. The lowest BCUT2D eigenvalue weighted by Crippen LogP contribution is -2.35. The maximum absolute atomic E-state index is 11.6. The van der Waals surface area contributed by atoms with E-state index in [9.17, 15) is 9.36 Å². The van der Waals surface area contributed by atoms with Crippen LogP contribution in [-0.2, 0) is 23.1 Å². The summed E-state index contributed by atoms with van der Waals surface area (Å²) in [5.41, 5.74) is -1.26. The highest BCUT2D eigenvalue weighted by atomic mass is 31.2. The van der Waals surface area contributed by atoms with Crippen LogP contribution in [0.25, 0.3) is 0 Å². The van der Waals surface area contributed by atoms with Gasteiger partial charge in [-0.05, 0) is 20.8 Å². The van der Waals surface area contributed by atoms with Gasteiger partial charge in [0.25, 0.3) is 0 Å². The van der Waals surface area contributed by atoms with Crippen molar-refractivity contribution in [3.05, 3.63) is 0 Å². The molecule has 0 aliphatic heterocycles. The molecule has 0 heterocycles. The topological polar surface area (TPSA) is 61.8 Å². The Bertz CT molecular complexity index is 248. The van der Waals surface area contributed by atoms with Crippen LogP contribution in [0.5, 0.6) is 0 Å². The molecule has 0 aliphatic carbocycles. The number of esters is 1. The molecular weight excluding hydrogens is 207 g/mol. The molecule has 1 atom stereocenters. The van der Waals surface area contributed by atoms with Crippen LogP contribution in [0.4, 0.5) is 0 Å². The van der Waals surface area contributed by atoms with Crippen molar-refractivity contribution in [2.24, 2.45) is 0 Å². The molecule has 0 aromatic carbocycles. The number of hydrogen-bond acceptors (Lipinski definition) is 5. The molecule has 0 aliphatic rings. The van der Waals surface area contributed by atoms with Crippen LogP contribution in [0.15, 0.2) is 0 Å². The molecule has 84 valence electrons. The molecule has 6 heteroatoms. The molecule has 0 saturated carbocycles. The van der Waals surface area contributed by atoms with Crippen molar-refractivity contribution in [3.63, 3.8) is 0 Å². The molecule has 0 bridgehead atoms. The molecule has 0 aromatic rings. The molecule has 0 rings (SSSR count). The van der Waals surface area contributed by atoms with E-state index in [2.05, 4.69) is 4.74 Å². The molecule has 0 N–H and O–H groups in total. The van der Waals surface area contributed by atoms with E-state index in [0.717, 1.165) is 0 Å². The Hall–Kier alpha value is -0.380. The Morgan fingerprint density at radius 3 is 2.29 bits per heavy atom. The van der Waals surface area contributed by atoms with Crippen molar-refractivity contribution in [1.82, 2.24) is 0 Å². The molecule has 14 heavy (non-hydrogen) atoms. The Morgan fingerprint density at radius 1 is 1.43 bits per heavy atom. The number of carbonyl (C=O) groups is 1. The van der Waals surface area contributed by atoms with Gasteiger partial charge in [0.1, 0.15) is 0 Å². The number of ether oxygens (including phenoxy) is 1. The normalized spacial score (nSPS) is 16.1. The number of rotatable bonds is 5. The first-order valence-corrected chi connectivity index (χ1v) is 6.25. The molecule has 0 radical (unpaired) electrons. The predicted molar refractivity (Wildman–Crippen MR) is 52.3 cm³/mol. The van der Waals surface area contributed by atoms with Crippen LogP contribution in [0.2, 0.25) is 0 Å². The summed E-state index contributed by atoms with van der Waals surface area (Å²) in [4.78, 5) is 11.2. The predicted octanol–water partition coefficient (Wildman–Crippen LogP) is 1.81. The van der Waals surface area contributed by atoms with E-state index in [1.54, 1.807) is 6.92 Å².